The molecule has 2 aliphatic heterocycles. The van der Waals surface area contributed by atoms with Crippen LogP contribution in [0.1, 0.15) is 0 Å². The van der Waals surface area contributed by atoms with E-state index in [9.17, 15) is 0 Å². The Morgan fingerprint density at radius 3 is 2.11 bits per heavy atom. The average molecular weight is 345 g/mol. The van der Waals surface area contributed by atoms with Crippen molar-refractivity contribution in [2.45, 2.75) is 0 Å². The van der Waals surface area contributed by atoms with Crippen LogP contribution in [0.25, 0.3) is 11.3 Å². The van der Waals surface area contributed by atoms with Crippen LogP contribution in [0.4, 0.5) is 22.7 Å². The number of aromatic nitrogens is 1. The molecular formula is C23H16BN3. The van der Waals surface area contributed by atoms with Gasteiger partial charge in [-0.25, -0.2) is 0 Å². The molecule has 0 atom stereocenters. The third-order valence-electron chi connectivity index (χ3n) is 5.46. The number of para-hydroxylation sites is 3. The van der Waals surface area contributed by atoms with Crippen LogP contribution in [0.3, 0.4) is 0 Å². The lowest BCUT2D eigenvalue weighted by molar-refractivity contribution is 1.27. The number of anilines is 4. The third kappa shape index (κ3) is 1.95. The van der Waals surface area contributed by atoms with Crippen molar-refractivity contribution in [3.05, 3.63) is 97.2 Å². The maximum atomic E-state index is 4.73. The summed E-state index contributed by atoms with van der Waals surface area (Å²) < 4.78 is 0. The lowest BCUT2D eigenvalue weighted by Gasteiger charge is -2.35. The molecule has 3 heterocycles. The van der Waals surface area contributed by atoms with Crippen LogP contribution in [0.15, 0.2) is 97.2 Å². The highest BCUT2D eigenvalue weighted by Crippen LogP contribution is 2.49. The molecule has 0 radical (unpaired) electrons. The SMILES string of the molecule is c1ccc(N2B3c4ccccc4-c4ncccc4N3c3ccccc32)cc1. The Morgan fingerprint density at radius 1 is 0.593 bits per heavy atom. The van der Waals surface area contributed by atoms with Crippen molar-refractivity contribution in [3.63, 3.8) is 0 Å². The Kier molecular flexibility index (Phi) is 2.97. The molecule has 0 N–H and O–H groups in total. The second kappa shape index (κ2) is 5.48. The fraction of sp³-hybridized carbons (Fsp3) is 0. The Hall–Kier alpha value is -3.53. The van der Waals surface area contributed by atoms with E-state index in [0.29, 0.717) is 0 Å². The summed E-state index contributed by atoms with van der Waals surface area (Å²) in [6, 6.07) is 32.1. The number of pyridine rings is 1. The summed E-state index contributed by atoms with van der Waals surface area (Å²) in [7, 11) is 0. The summed E-state index contributed by atoms with van der Waals surface area (Å²) in [5.41, 5.74) is 8.34. The molecule has 0 bridgehead atoms. The van der Waals surface area contributed by atoms with Gasteiger partial charge in [0.05, 0.1) is 22.8 Å². The van der Waals surface area contributed by atoms with Crippen LogP contribution < -0.4 is 15.1 Å². The van der Waals surface area contributed by atoms with Crippen molar-refractivity contribution in [1.29, 1.82) is 0 Å². The van der Waals surface area contributed by atoms with Crippen LogP contribution in [-0.4, -0.2) is 12.0 Å². The molecule has 1 aromatic heterocycles. The van der Waals surface area contributed by atoms with Gasteiger partial charge in [-0.1, -0.05) is 54.6 Å². The molecule has 3 nitrogen and oxygen atoms in total. The second-order valence-electron chi connectivity index (χ2n) is 6.90. The highest BCUT2D eigenvalue weighted by molar-refractivity contribution is 6.86. The highest BCUT2D eigenvalue weighted by atomic mass is 15.3. The van der Waals surface area contributed by atoms with Crippen molar-refractivity contribution >= 4 is 35.2 Å². The summed E-state index contributed by atoms with van der Waals surface area (Å²) in [6.07, 6.45) is 1.88. The van der Waals surface area contributed by atoms with Gasteiger partial charge < -0.3 is 9.62 Å². The molecule has 0 saturated carbocycles. The molecule has 3 aromatic carbocycles. The average Bonchev–Trinajstić information content (AvgIpc) is 3.10. The summed E-state index contributed by atoms with van der Waals surface area (Å²) in [5.74, 6) is 0. The minimum absolute atomic E-state index is 0.0812. The Labute approximate surface area is 158 Å². The van der Waals surface area contributed by atoms with Gasteiger partial charge in [0.1, 0.15) is 0 Å². The monoisotopic (exact) mass is 345 g/mol. The lowest BCUT2D eigenvalue weighted by atomic mass is 9.60. The standard InChI is InChI=1S/C23H16BN3/c1-2-9-17(10-3-1)26-20-13-6-7-14-21(20)27-22-15-8-16-25-23(22)18-11-4-5-12-19(18)24(26)27/h1-16H. The van der Waals surface area contributed by atoms with Gasteiger partial charge in [-0.15, -0.1) is 0 Å². The van der Waals surface area contributed by atoms with E-state index in [1.165, 1.54) is 28.1 Å². The molecule has 126 valence electrons. The smallest absolute Gasteiger partial charge is 0.360 e. The Balaban J connectivity index is 1.70. The fourth-order valence-electron chi connectivity index (χ4n) is 4.40. The number of fused-ring (bicyclic) bond motifs is 8. The predicted octanol–water partition coefficient (Wildman–Crippen LogP) is 4.75. The lowest BCUT2D eigenvalue weighted by Crippen LogP contribution is -2.55. The van der Waals surface area contributed by atoms with Crippen molar-refractivity contribution in [1.82, 2.24) is 4.98 Å². The maximum absolute atomic E-state index is 4.73. The minimum atomic E-state index is 0.0812. The van der Waals surface area contributed by atoms with E-state index in [1.807, 2.05) is 12.3 Å². The molecule has 0 aliphatic carbocycles. The molecule has 0 amide bonds. The largest absolute Gasteiger partial charge is 0.421 e. The van der Waals surface area contributed by atoms with Crippen LogP contribution in [-0.2, 0) is 0 Å². The molecule has 0 spiro atoms. The first kappa shape index (κ1) is 14.6. The van der Waals surface area contributed by atoms with E-state index < -0.39 is 0 Å². The van der Waals surface area contributed by atoms with Crippen LogP contribution in [0.2, 0.25) is 0 Å². The van der Waals surface area contributed by atoms with Gasteiger partial charge in [0.15, 0.2) is 0 Å². The fourth-order valence-corrected chi connectivity index (χ4v) is 4.40. The summed E-state index contributed by atoms with van der Waals surface area (Å²) in [5, 5.41) is 0. The first-order chi connectivity index (χ1) is 13.4. The molecule has 0 unspecified atom stereocenters. The molecule has 2 aliphatic rings. The van der Waals surface area contributed by atoms with E-state index in [1.54, 1.807) is 0 Å². The van der Waals surface area contributed by atoms with Crippen LogP contribution >= 0.6 is 0 Å². The van der Waals surface area contributed by atoms with Gasteiger partial charge in [0.2, 0.25) is 0 Å². The zero-order chi connectivity index (χ0) is 17.8. The number of rotatable bonds is 1. The van der Waals surface area contributed by atoms with Gasteiger partial charge in [-0.2, -0.15) is 0 Å². The third-order valence-corrected chi connectivity index (χ3v) is 5.46. The molecule has 4 heteroatoms. The summed E-state index contributed by atoms with van der Waals surface area (Å²) in [6.45, 7) is 0.0812. The van der Waals surface area contributed by atoms with Crippen LogP contribution in [0, 0.1) is 0 Å². The highest BCUT2D eigenvalue weighted by Gasteiger charge is 2.47. The molecule has 0 fully saturated rings. The van der Waals surface area contributed by atoms with E-state index >= 15 is 0 Å². The first-order valence-electron chi connectivity index (χ1n) is 9.20. The summed E-state index contributed by atoms with van der Waals surface area (Å²) >= 11 is 0. The van der Waals surface area contributed by atoms with Gasteiger partial charge >= 0.3 is 6.98 Å². The molecule has 27 heavy (non-hydrogen) atoms. The number of hydrogen-bond donors (Lipinski definition) is 0. The minimum Gasteiger partial charge on any atom is -0.360 e. The van der Waals surface area contributed by atoms with Gasteiger partial charge in [0, 0.05) is 17.4 Å². The molecule has 4 aromatic rings. The number of nitrogens with zero attached hydrogens (tertiary/aromatic N) is 3. The van der Waals surface area contributed by atoms with Crippen molar-refractivity contribution in [2.24, 2.45) is 0 Å². The van der Waals surface area contributed by atoms with E-state index in [-0.39, 0.29) is 6.98 Å². The van der Waals surface area contributed by atoms with E-state index in [2.05, 4.69) is 94.6 Å². The van der Waals surface area contributed by atoms with E-state index in [4.69, 9.17) is 4.98 Å². The zero-order valence-electron chi connectivity index (χ0n) is 14.7. The Bertz CT molecular complexity index is 1130. The molecule has 6 rings (SSSR count). The number of hydrogen-bond acceptors (Lipinski definition) is 3. The van der Waals surface area contributed by atoms with Gasteiger partial charge in [0.25, 0.3) is 0 Å². The summed E-state index contributed by atoms with van der Waals surface area (Å²) in [4.78, 5) is 9.59. The molecular weight excluding hydrogens is 329 g/mol. The Morgan fingerprint density at radius 2 is 1.26 bits per heavy atom. The predicted molar refractivity (Wildman–Crippen MR) is 112 cm³/mol. The number of benzene rings is 3. The normalized spacial score (nSPS) is 13.7. The maximum Gasteiger partial charge on any atom is 0.421 e. The zero-order valence-corrected chi connectivity index (χ0v) is 14.7. The van der Waals surface area contributed by atoms with Crippen molar-refractivity contribution in [3.8, 4) is 11.3 Å². The van der Waals surface area contributed by atoms with Crippen molar-refractivity contribution < 1.29 is 0 Å². The second-order valence-corrected chi connectivity index (χ2v) is 6.90. The topological polar surface area (TPSA) is 19.4 Å². The van der Waals surface area contributed by atoms with Gasteiger partial charge in [-0.05, 0) is 41.9 Å². The van der Waals surface area contributed by atoms with E-state index in [0.717, 1.165) is 11.4 Å². The first-order valence-corrected chi connectivity index (χ1v) is 9.20. The van der Waals surface area contributed by atoms with Crippen molar-refractivity contribution in [2.75, 3.05) is 9.62 Å². The van der Waals surface area contributed by atoms with Crippen LogP contribution in [0.5, 0.6) is 0 Å². The van der Waals surface area contributed by atoms with Gasteiger partial charge in [-0.3, -0.25) is 4.98 Å². The molecule has 0 saturated heterocycles. The quantitative estimate of drug-likeness (QED) is 0.464.